The number of aryl methyl sites for hydroxylation is 3. The van der Waals surface area contributed by atoms with Crippen LogP contribution in [-0.4, -0.2) is 28.3 Å². The Labute approximate surface area is 147 Å². The Bertz CT molecular complexity index is 761. The molecule has 0 radical (unpaired) electrons. The van der Waals surface area contributed by atoms with Gasteiger partial charge < -0.3 is 10.5 Å². The molecule has 0 aliphatic rings. The first kappa shape index (κ1) is 18.1. The summed E-state index contributed by atoms with van der Waals surface area (Å²) in [5, 5.41) is 0.280. The largest absolute Gasteiger partial charge is 0.496 e. The van der Waals surface area contributed by atoms with Crippen molar-refractivity contribution in [3.63, 3.8) is 0 Å². The van der Waals surface area contributed by atoms with E-state index < -0.39 is 0 Å². The van der Waals surface area contributed by atoms with Gasteiger partial charge in [-0.05, 0) is 40.0 Å². The number of ether oxygens (including phenoxy) is 1. The number of nitrogen functional groups attached to an aromatic ring is 1. The van der Waals surface area contributed by atoms with E-state index in [2.05, 4.69) is 19.9 Å². The maximum atomic E-state index is 6.12. The van der Waals surface area contributed by atoms with Crippen molar-refractivity contribution in [1.82, 2.24) is 15.0 Å². The lowest BCUT2D eigenvalue weighted by Gasteiger charge is -2.12. The number of aromatic nitrogens is 3. The minimum Gasteiger partial charge on any atom is -0.496 e. The Morgan fingerprint density at radius 3 is 2.62 bits per heavy atom. The summed E-state index contributed by atoms with van der Waals surface area (Å²) in [6.07, 6.45) is 5.85. The number of methoxy groups -OCH3 is 1. The SMILES string of the molecule is CC=Nc1c(Cl)nc(N)nc1CCCc1ncc(C)c(OC)c1C. The molecule has 2 aromatic rings. The quantitative estimate of drug-likeness (QED) is 0.637. The lowest BCUT2D eigenvalue weighted by atomic mass is 10.0. The van der Waals surface area contributed by atoms with Gasteiger partial charge in [0.1, 0.15) is 11.4 Å². The van der Waals surface area contributed by atoms with Gasteiger partial charge >= 0.3 is 0 Å². The normalized spacial score (nSPS) is 11.2. The van der Waals surface area contributed by atoms with Gasteiger partial charge in [-0.15, -0.1) is 0 Å². The van der Waals surface area contributed by atoms with Crippen molar-refractivity contribution in [3.8, 4) is 5.75 Å². The van der Waals surface area contributed by atoms with Crippen molar-refractivity contribution in [2.24, 2.45) is 4.99 Å². The van der Waals surface area contributed by atoms with E-state index in [4.69, 9.17) is 22.1 Å². The molecule has 7 heteroatoms. The standard InChI is InChI=1S/C17H22ClN5O/c1-5-20-14-13(22-17(19)23-16(14)18)8-6-7-12-11(3)15(24-4)10(2)9-21-12/h5,9H,6-8H2,1-4H3,(H2,19,22,23). The van der Waals surface area contributed by atoms with E-state index in [-0.39, 0.29) is 11.1 Å². The van der Waals surface area contributed by atoms with Crippen LogP contribution in [0.5, 0.6) is 5.75 Å². The first-order valence-corrected chi connectivity index (χ1v) is 8.15. The highest BCUT2D eigenvalue weighted by atomic mass is 35.5. The highest BCUT2D eigenvalue weighted by molar-refractivity contribution is 6.32. The summed E-state index contributed by atoms with van der Waals surface area (Å²) in [6, 6.07) is 0. The van der Waals surface area contributed by atoms with Gasteiger partial charge in [0.2, 0.25) is 5.95 Å². The summed E-state index contributed by atoms with van der Waals surface area (Å²) in [7, 11) is 1.68. The van der Waals surface area contributed by atoms with Crippen LogP contribution in [0.15, 0.2) is 11.2 Å². The van der Waals surface area contributed by atoms with Crippen molar-refractivity contribution in [2.75, 3.05) is 12.8 Å². The second-order valence-corrected chi connectivity index (χ2v) is 5.81. The number of nitrogens with two attached hydrogens (primary N) is 1. The number of anilines is 1. The van der Waals surface area contributed by atoms with Crippen molar-refractivity contribution in [2.45, 2.75) is 40.0 Å². The van der Waals surface area contributed by atoms with Gasteiger partial charge in [-0.25, -0.2) is 4.98 Å². The van der Waals surface area contributed by atoms with Crippen LogP contribution in [0, 0.1) is 13.8 Å². The third-order valence-corrected chi connectivity index (χ3v) is 4.03. The Balaban J connectivity index is 2.16. The third kappa shape index (κ3) is 4.00. The van der Waals surface area contributed by atoms with E-state index in [0.29, 0.717) is 12.1 Å². The Hall–Kier alpha value is -2.21. The topological polar surface area (TPSA) is 86.3 Å². The summed E-state index contributed by atoms with van der Waals surface area (Å²) in [5.41, 5.74) is 10.2. The van der Waals surface area contributed by atoms with Crippen LogP contribution in [0.3, 0.4) is 0 Å². The van der Waals surface area contributed by atoms with Gasteiger partial charge in [0, 0.05) is 29.2 Å². The van der Waals surface area contributed by atoms with E-state index in [1.54, 1.807) is 13.3 Å². The number of hydrogen-bond donors (Lipinski definition) is 1. The fraction of sp³-hybridized carbons (Fsp3) is 0.412. The number of aliphatic imine (C=N–C) groups is 1. The zero-order valence-electron chi connectivity index (χ0n) is 14.4. The molecule has 0 aliphatic heterocycles. The molecule has 2 aromatic heterocycles. The summed E-state index contributed by atoms with van der Waals surface area (Å²) >= 11 is 6.12. The van der Waals surface area contributed by atoms with Crippen LogP contribution in [0.25, 0.3) is 0 Å². The molecule has 0 bridgehead atoms. The van der Waals surface area contributed by atoms with Gasteiger partial charge in [0.05, 0.1) is 12.8 Å². The number of rotatable bonds is 6. The van der Waals surface area contributed by atoms with Crippen LogP contribution in [0.2, 0.25) is 5.15 Å². The predicted molar refractivity (Wildman–Crippen MR) is 97.6 cm³/mol. The molecule has 0 saturated heterocycles. The molecule has 0 fully saturated rings. The predicted octanol–water partition coefficient (Wildman–Crippen LogP) is 3.63. The minimum absolute atomic E-state index is 0.163. The maximum Gasteiger partial charge on any atom is 0.221 e. The summed E-state index contributed by atoms with van der Waals surface area (Å²) in [6.45, 7) is 5.84. The highest BCUT2D eigenvalue weighted by Gasteiger charge is 2.13. The van der Waals surface area contributed by atoms with E-state index in [9.17, 15) is 0 Å². The zero-order valence-corrected chi connectivity index (χ0v) is 15.2. The van der Waals surface area contributed by atoms with Crippen molar-refractivity contribution >= 4 is 29.5 Å². The van der Waals surface area contributed by atoms with Crippen molar-refractivity contribution in [1.29, 1.82) is 0 Å². The molecule has 0 aliphatic carbocycles. The Morgan fingerprint density at radius 2 is 1.96 bits per heavy atom. The van der Waals surface area contributed by atoms with Crippen molar-refractivity contribution in [3.05, 3.63) is 33.9 Å². The molecule has 2 rings (SSSR count). The number of hydrogen-bond acceptors (Lipinski definition) is 6. The van der Waals surface area contributed by atoms with Crippen LogP contribution in [0.4, 0.5) is 11.6 Å². The average Bonchev–Trinajstić information content (AvgIpc) is 2.53. The Morgan fingerprint density at radius 1 is 1.25 bits per heavy atom. The molecule has 0 atom stereocenters. The van der Waals surface area contributed by atoms with Gasteiger partial charge in [-0.3, -0.25) is 9.98 Å². The minimum atomic E-state index is 0.163. The van der Waals surface area contributed by atoms with Crippen LogP contribution in [0.1, 0.15) is 35.9 Å². The molecule has 0 amide bonds. The Kier molecular flexibility index (Phi) is 6.09. The fourth-order valence-electron chi connectivity index (χ4n) is 2.67. The molecule has 0 spiro atoms. The molecule has 6 nitrogen and oxygen atoms in total. The smallest absolute Gasteiger partial charge is 0.221 e. The van der Waals surface area contributed by atoms with Gasteiger partial charge in [-0.2, -0.15) is 4.98 Å². The van der Waals surface area contributed by atoms with E-state index >= 15 is 0 Å². The molecular formula is C17H22ClN5O. The second-order valence-electron chi connectivity index (χ2n) is 5.45. The van der Waals surface area contributed by atoms with Crippen molar-refractivity contribution < 1.29 is 4.74 Å². The van der Waals surface area contributed by atoms with Crippen LogP contribution < -0.4 is 10.5 Å². The molecule has 0 unspecified atom stereocenters. The molecule has 2 N–H and O–H groups in total. The molecule has 0 saturated carbocycles. The molecular weight excluding hydrogens is 326 g/mol. The second kappa shape index (κ2) is 8.06. The van der Waals surface area contributed by atoms with Gasteiger partial charge in [0.15, 0.2) is 5.15 Å². The first-order chi connectivity index (χ1) is 11.5. The monoisotopic (exact) mass is 347 g/mol. The summed E-state index contributed by atoms with van der Waals surface area (Å²) in [5.74, 6) is 1.06. The number of pyridine rings is 1. The summed E-state index contributed by atoms with van der Waals surface area (Å²) < 4.78 is 5.45. The van der Waals surface area contributed by atoms with E-state index in [1.165, 1.54) is 0 Å². The first-order valence-electron chi connectivity index (χ1n) is 7.77. The molecule has 128 valence electrons. The molecule has 24 heavy (non-hydrogen) atoms. The van der Waals surface area contributed by atoms with E-state index in [0.717, 1.165) is 41.1 Å². The van der Waals surface area contributed by atoms with Crippen LogP contribution in [-0.2, 0) is 12.8 Å². The lowest BCUT2D eigenvalue weighted by molar-refractivity contribution is 0.406. The maximum absolute atomic E-state index is 6.12. The lowest BCUT2D eigenvalue weighted by Crippen LogP contribution is -2.03. The fourth-order valence-corrected chi connectivity index (χ4v) is 2.91. The zero-order chi connectivity index (χ0) is 17.7. The highest BCUT2D eigenvalue weighted by Crippen LogP contribution is 2.29. The van der Waals surface area contributed by atoms with E-state index in [1.807, 2.05) is 27.0 Å². The van der Waals surface area contributed by atoms with Gasteiger partial charge in [-0.1, -0.05) is 11.6 Å². The molecule has 0 aromatic carbocycles. The third-order valence-electron chi connectivity index (χ3n) is 3.77. The number of nitrogens with zero attached hydrogens (tertiary/aromatic N) is 4. The van der Waals surface area contributed by atoms with Gasteiger partial charge in [0.25, 0.3) is 0 Å². The van der Waals surface area contributed by atoms with Crippen LogP contribution >= 0.6 is 11.6 Å². The summed E-state index contributed by atoms with van der Waals surface area (Å²) in [4.78, 5) is 17.0. The average molecular weight is 348 g/mol. The number of halogens is 1. The molecule has 2 heterocycles.